The number of piperazine rings is 1. The summed E-state index contributed by atoms with van der Waals surface area (Å²) in [5.74, 6) is 1.18. The van der Waals surface area contributed by atoms with Crippen LogP contribution >= 0.6 is 23.2 Å². The van der Waals surface area contributed by atoms with Crippen LogP contribution in [0.5, 0.6) is 0 Å². The van der Waals surface area contributed by atoms with Crippen molar-refractivity contribution in [2.24, 2.45) is 5.92 Å². The molecule has 2 aromatic carbocycles. The minimum absolute atomic E-state index is 0.00713. The molecule has 36 heavy (non-hydrogen) atoms. The molecular formula is C25H27Cl2N7O2. The molecule has 0 saturated carbocycles. The summed E-state index contributed by atoms with van der Waals surface area (Å²) < 4.78 is 0. The number of carbonyl (C=O) groups excluding carboxylic acids is 2. The van der Waals surface area contributed by atoms with Crippen molar-refractivity contribution < 1.29 is 9.59 Å². The third-order valence-corrected chi connectivity index (χ3v) is 7.23. The molecule has 0 aliphatic carbocycles. The number of rotatable bonds is 2. The molecule has 2 bridgehead atoms. The van der Waals surface area contributed by atoms with E-state index in [0.29, 0.717) is 53.6 Å². The molecule has 2 aliphatic rings. The van der Waals surface area contributed by atoms with Crippen molar-refractivity contribution in [3.63, 3.8) is 0 Å². The third-order valence-electron chi connectivity index (χ3n) is 6.49. The van der Waals surface area contributed by atoms with E-state index < -0.39 is 12.2 Å². The number of fused-ring (bicyclic) bond motifs is 5. The van der Waals surface area contributed by atoms with E-state index in [9.17, 15) is 9.59 Å². The van der Waals surface area contributed by atoms with Gasteiger partial charge in [-0.3, -0.25) is 9.69 Å². The summed E-state index contributed by atoms with van der Waals surface area (Å²) in [5.41, 5.74) is 1.37. The van der Waals surface area contributed by atoms with E-state index in [2.05, 4.69) is 20.9 Å². The molecule has 11 heteroatoms. The van der Waals surface area contributed by atoms with E-state index in [0.717, 1.165) is 10.9 Å². The lowest BCUT2D eigenvalue weighted by atomic mass is 10.0. The Kier molecular flexibility index (Phi) is 6.87. The average molecular weight is 528 g/mol. The van der Waals surface area contributed by atoms with Gasteiger partial charge in [-0.05, 0) is 36.2 Å². The second-order valence-corrected chi connectivity index (χ2v) is 10.2. The first-order valence-corrected chi connectivity index (χ1v) is 12.6. The van der Waals surface area contributed by atoms with Gasteiger partial charge in [0.05, 0.1) is 28.7 Å². The number of amides is 3. The molecule has 2 aliphatic heterocycles. The minimum Gasteiger partial charge on any atom is -0.358 e. The van der Waals surface area contributed by atoms with Crippen LogP contribution in [0.15, 0.2) is 42.5 Å². The van der Waals surface area contributed by atoms with Crippen LogP contribution in [0.1, 0.15) is 19.7 Å². The molecule has 3 N–H and O–H groups in total. The number of anilines is 2. The van der Waals surface area contributed by atoms with Gasteiger partial charge in [0.1, 0.15) is 23.8 Å². The molecule has 1 fully saturated rings. The standard InChI is InChI=1S/C25H27Cl2N7O2/c1-14(2)22-24(35)31-21-13-34(25(36)28-15-7-8-17(26)18(27)11-15)10-9-33(21)12-20-29-19-6-4-3-5-16(19)23(30-20)32-22/h3-8,11,14,21-22H,9-10,12-13H2,1-2H3,(H,28,36)(H,31,35)(H,29,30,32)/t21?,22-/m0/s1. The van der Waals surface area contributed by atoms with Crippen LogP contribution in [0, 0.1) is 5.92 Å². The number of benzene rings is 2. The Morgan fingerprint density at radius 2 is 1.89 bits per heavy atom. The molecular weight excluding hydrogens is 501 g/mol. The number of para-hydroxylation sites is 1. The highest BCUT2D eigenvalue weighted by Crippen LogP contribution is 2.26. The number of aromatic nitrogens is 2. The Hall–Kier alpha value is -3.14. The number of hydrogen-bond acceptors (Lipinski definition) is 6. The smallest absolute Gasteiger partial charge is 0.322 e. The summed E-state index contributed by atoms with van der Waals surface area (Å²) in [6, 6.07) is 11.9. The number of nitrogens with one attached hydrogen (secondary N) is 3. The first kappa shape index (κ1) is 24.5. The van der Waals surface area contributed by atoms with E-state index >= 15 is 0 Å². The molecule has 1 unspecified atom stereocenters. The zero-order valence-electron chi connectivity index (χ0n) is 20.0. The Balaban J connectivity index is 1.41. The Bertz CT molecular complexity index is 1320. The number of carbonyl (C=O) groups is 2. The molecule has 1 aromatic heterocycles. The maximum atomic E-state index is 13.4. The fourth-order valence-electron chi connectivity index (χ4n) is 4.53. The summed E-state index contributed by atoms with van der Waals surface area (Å²) in [5, 5.41) is 11.0. The minimum atomic E-state index is -0.503. The van der Waals surface area contributed by atoms with Crippen LogP contribution in [-0.2, 0) is 11.3 Å². The zero-order chi connectivity index (χ0) is 25.4. The van der Waals surface area contributed by atoms with Crippen molar-refractivity contribution in [2.45, 2.75) is 32.6 Å². The predicted molar refractivity (Wildman–Crippen MR) is 141 cm³/mol. The fourth-order valence-corrected chi connectivity index (χ4v) is 4.83. The van der Waals surface area contributed by atoms with Crippen LogP contribution in [0.4, 0.5) is 16.3 Å². The quantitative estimate of drug-likeness (QED) is 0.462. The third kappa shape index (κ3) is 5.04. The van der Waals surface area contributed by atoms with Crippen LogP contribution in [0.2, 0.25) is 10.0 Å². The SMILES string of the molecule is CC(C)[C@@H]1Nc2nc(nc3ccccc23)CN2CCN(C(=O)Nc3ccc(Cl)c(Cl)c3)CC2NC1=O. The van der Waals surface area contributed by atoms with E-state index in [-0.39, 0.29) is 17.9 Å². The first-order chi connectivity index (χ1) is 17.3. The lowest BCUT2D eigenvalue weighted by molar-refractivity contribution is -0.125. The summed E-state index contributed by atoms with van der Waals surface area (Å²) in [6.45, 7) is 5.76. The molecule has 5 rings (SSSR count). The largest absolute Gasteiger partial charge is 0.358 e. The van der Waals surface area contributed by atoms with Crippen molar-refractivity contribution in [3.05, 3.63) is 58.3 Å². The maximum Gasteiger partial charge on any atom is 0.322 e. The Morgan fingerprint density at radius 3 is 2.67 bits per heavy atom. The van der Waals surface area contributed by atoms with Gasteiger partial charge in [-0.25, -0.2) is 14.8 Å². The normalized spacial score (nSPS) is 20.5. The fraction of sp³-hybridized carbons (Fsp3) is 0.360. The summed E-state index contributed by atoms with van der Waals surface area (Å²) in [4.78, 5) is 39.8. The first-order valence-electron chi connectivity index (χ1n) is 11.9. The summed E-state index contributed by atoms with van der Waals surface area (Å²) >= 11 is 12.1. The maximum absolute atomic E-state index is 13.4. The van der Waals surface area contributed by atoms with Crippen LogP contribution < -0.4 is 16.0 Å². The molecule has 3 aromatic rings. The monoisotopic (exact) mass is 527 g/mol. The van der Waals surface area contributed by atoms with Gasteiger partial charge in [-0.2, -0.15) is 0 Å². The van der Waals surface area contributed by atoms with Crippen LogP contribution in [0.25, 0.3) is 10.9 Å². The molecule has 0 radical (unpaired) electrons. The molecule has 3 heterocycles. The van der Waals surface area contributed by atoms with Gasteiger partial charge >= 0.3 is 6.03 Å². The van der Waals surface area contributed by atoms with Gasteiger partial charge in [0.25, 0.3) is 0 Å². The number of nitrogens with zero attached hydrogens (tertiary/aromatic N) is 4. The highest BCUT2D eigenvalue weighted by Gasteiger charge is 2.35. The Labute approximate surface area is 219 Å². The zero-order valence-corrected chi connectivity index (χ0v) is 21.5. The lowest BCUT2D eigenvalue weighted by Crippen LogP contribution is -2.63. The van der Waals surface area contributed by atoms with Crippen molar-refractivity contribution in [2.75, 3.05) is 30.3 Å². The number of urea groups is 1. The van der Waals surface area contributed by atoms with E-state index in [4.69, 9.17) is 33.2 Å². The predicted octanol–water partition coefficient (Wildman–Crippen LogP) is 4.18. The van der Waals surface area contributed by atoms with Gasteiger partial charge < -0.3 is 20.9 Å². The second kappa shape index (κ2) is 10.1. The molecule has 188 valence electrons. The van der Waals surface area contributed by atoms with Gasteiger partial charge in [0.15, 0.2) is 0 Å². The van der Waals surface area contributed by atoms with Crippen molar-refractivity contribution >= 4 is 57.5 Å². The van der Waals surface area contributed by atoms with E-state index in [1.165, 1.54) is 0 Å². The molecule has 3 amide bonds. The van der Waals surface area contributed by atoms with Gasteiger partial charge in [0, 0.05) is 24.2 Å². The van der Waals surface area contributed by atoms with Crippen LogP contribution in [0.3, 0.4) is 0 Å². The van der Waals surface area contributed by atoms with E-state index in [1.54, 1.807) is 23.1 Å². The molecule has 1 saturated heterocycles. The molecule has 0 spiro atoms. The molecule has 2 atom stereocenters. The lowest BCUT2D eigenvalue weighted by Gasteiger charge is -2.42. The van der Waals surface area contributed by atoms with Gasteiger partial charge in [0.2, 0.25) is 5.91 Å². The Morgan fingerprint density at radius 1 is 1.08 bits per heavy atom. The van der Waals surface area contributed by atoms with E-state index in [1.807, 2.05) is 38.1 Å². The second-order valence-electron chi connectivity index (χ2n) is 9.37. The molecule has 9 nitrogen and oxygen atoms in total. The highest BCUT2D eigenvalue weighted by molar-refractivity contribution is 6.42. The van der Waals surface area contributed by atoms with Crippen LogP contribution in [-0.4, -0.2) is 63.5 Å². The van der Waals surface area contributed by atoms with Gasteiger partial charge in [-0.1, -0.05) is 49.2 Å². The average Bonchev–Trinajstić information content (AvgIpc) is 2.85. The topological polar surface area (TPSA) is 102 Å². The van der Waals surface area contributed by atoms with Crippen molar-refractivity contribution in [1.82, 2.24) is 25.1 Å². The summed E-state index contributed by atoms with van der Waals surface area (Å²) in [7, 11) is 0. The highest BCUT2D eigenvalue weighted by atomic mass is 35.5. The summed E-state index contributed by atoms with van der Waals surface area (Å²) in [6.07, 6.45) is -0.398. The number of halogens is 2. The van der Waals surface area contributed by atoms with Crippen molar-refractivity contribution in [1.29, 1.82) is 0 Å². The van der Waals surface area contributed by atoms with Gasteiger partial charge in [-0.15, -0.1) is 0 Å². The van der Waals surface area contributed by atoms with Crippen molar-refractivity contribution in [3.8, 4) is 0 Å². The number of hydrogen-bond donors (Lipinski definition) is 3.